The minimum absolute atomic E-state index is 0.0794. The third-order valence-electron chi connectivity index (χ3n) is 3.96. The van der Waals surface area contributed by atoms with Crippen molar-refractivity contribution in [1.82, 2.24) is 0 Å². The van der Waals surface area contributed by atoms with E-state index in [1.165, 1.54) is 18.5 Å². The number of rotatable bonds is 6. The van der Waals surface area contributed by atoms with Crippen LogP contribution in [0.15, 0.2) is 24.3 Å². The van der Waals surface area contributed by atoms with Crippen LogP contribution in [-0.2, 0) is 4.79 Å². The van der Waals surface area contributed by atoms with Gasteiger partial charge in [0, 0.05) is 18.8 Å². The van der Waals surface area contributed by atoms with E-state index in [0.717, 1.165) is 24.6 Å². The molecule has 104 valence electrons. The predicted molar refractivity (Wildman–Crippen MR) is 77.7 cm³/mol. The molecular formula is C16H23NO2. The molecular weight excluding hydrogens is 238 g/mol. The van der Waals surface area contributed by atoms with E-state index < -0.39 is 5.97 Å². The van der Waals surface area contributed by atoms with Gasteiger partial charge < -0.3 is 10.0 Å². The summed E-state index contributed by atoms with van der Waals surface area (Å²) in [6.45, 7) is 6.53. The molecule has 1 N–H and O–H groups in total. The van der Waals surface area contributed by atoms with Crippen LogP contribution in [0.4, 0.5) is 5.69 Å². The van der Waals surface area contributed by atoms with Crippen LogP contribution in [0.3, 0.4) is 0 Å². The number of hydrogen-bond acceptors (Lipinski definition) is 2. The number of benzene rings is 1. The van der Waals surface area contributed by atoms with Gasteiger partial charge in [-0.15, -0.1) is 0 Å². The van der Waals surface area contributed by atoms with Crippen LogP contribution < -0.4 is 4.90 Å². The average Bonchev–Trinajstić information content (AvgIpc) is 2.33. The number of hydrogen-bond donors (Lipinski definition) is 1. The zero-order valence-electron chi connectivity index (χ0n) is 11.8. The summed E-state index contributed by atoms with van der Waals surface area (Å²) in [6.07, 6.45) is 2.79. The summed E-state index contributed by atoms with van der Waals surface area (Å²) in [6, 6.07) is 8.37. The fourth-order valence-corrected chi connectivity index (χ4v) is 2.76. The first-order valence-electron chi connectivity index (χ1n) is 7.16. The Labute approximate surface area is 115 Å². The number of carboxylic acids is 1. The van der Waals surface area contributed by atoms with Crippen molar-refractivity contribution in [3.8, 4) is 0 Å². The van der Waals surface area contributed by atoms with E-state index in [4.69, 9.17) is 5.11 Å². The van der Waals surface area contributed by atoms with Gasteiger partial charge in [-0.3, -0.25) is 4.79 Å². The van der Waals surface area contributed by atoms with Crippen molar-refractivity contribution < 1.29 is 9.90 Å². The molecule has 1 saturated heterocycles. The Balaban J connectivity index is 1.90. The highest BCUT2D eigenvalue weighted by molar-refractivity contribution is 5.68. The minimum atomic E-state index is -0.735. The van der Waals surface area contributed by atoms with Crippen LogP contribution in [0.5, 0.6) is 0 Å². The van der Waals surface area contributed by atoms with E-state index in [9.17, 15) is 4.79 Å². The van der Waals surface area contributed by atoms with Gasteiger partial charge in [0.2, 0.25) is 0 Å². The molecule has 1 unspecified atom stereocenters. The van der Waals surface area contributed by atoms with Gasteiger partial charge in [-0.25, -0.2) is 0 Å². The molecule has 1 heterocycles. The maximum Gasteiger partial charge on any atom is 0.303 e. The zero-order valence-corrected chi connectivity index (χ0v) is 11.8. The molecule has 1 fully saturated rings. The average molecular weight is 261 g/mol. The van der Waals surface area contributed by atoms with Gasteiger partial charge in [-0.05, 0) is 36.0 Å². The lowest BCUT2D eigenvalue weighted by Gasteiger charge is -2.41. The van der Waals surface area contributed by atoms with E-state index in [0.29, 0.717) is 0 Å². The molecule has 0 aromatic heterocycles. The summed E-state index contributed by atoms with van der Waals surface area (Å²) in [4.78, 5) is 13.1. The van der Waals surface area contributed by atoms with Gasteiger partial charge in [0.1, 0.15) is 0 Å². The molecule has 1 aliphatic rings. The third kappa shape index (κ3) is 3.49. The molecule has 3 nitrogen and oxygen atoms in total. The van der Waals surface area contributed by atoms with Gasteiger partial charge in [-0.2, -0.15) is 0 Å². The quantitative estimate of drug-likeness (QED) is 0.852. The molecule has 1 aromatic carbocycles. The third-order valence-corrected chi connectivity index (χ3v) is 3.96. The normalized spacial score (nSPS) is 17.1. The smallest absolute Gasteiger partial charge is 0.303 e. The summed E-state index contributed by atoms with van der Waals surface area (Å²) in [5.74, 6) is 0.202. The molecule has 0 spiro atoms. The maximum atomic E-state index is 10.7. The van der Waals surface area contributed by atoms with Gasteiger partial charge in [0.05, 0.1) is 6.42 Å². The van der Waals surface area contributed by atoms with Crippen molar-refractivity contribution >= 4 is 11.7 Å². The first kappa shape index (κ1) is 13.9. The van der Waals surface area contributed by atoms with Gasteiger partial charge in [-0.1, -0.05) is 32.4 Å². The lowest BCUT2D eigenvalue weighted by atomic mass is 9.93. The Bertz CT molecular complexity index is 421. The van der Waals surface area contributed by atoms with Crippen LogP contribution >= 0.6 is 0 Å². The fraction of sp³-hybridized carbons (Fsp3) is 0.562. The summed E-state index contributed by atoms with van der Waals surface area (Å²) >= 11 is 0. The van der Waals surface area contributed by atoms with Crippen molar-refractivity contribution in [1.29, 1.82) is 0 Å². The Hall–Kier alpha value is -1.51. The van der Waals surface area contributed by atoms with Gasteiger partial charge in [0.25, 0.3) is 0 Å². The van der Waals surface area contributed by atoms with Crippen LogP contribution in [-0.4, -0.2) is 24.2 Å². The van der Waals surface area contributed by atoms with Crippen LogP contribution in [0.2, 0.25) is 0 Å². The van der Waals surface area contributed by atoms with Gasteiger partial charge >= 0.3 is 5.97 Å². The monoisotopic (exact) mass is 261 g/mol. The van der Waals surface area contributed by atoms with E-state index in [1.54, 1.807) is 0 Å². The summed E-state index contributed by atoms with van der Waals surface area (Å²) < 4.78 is 0. The van der Waals surface area contributed by atoms with Crippen molar-refractivity contribution in [2.45, 2.75) is 39.0 Å². The molecule has 0 amide bonds. The number of nitrogens with zero attached hydrogens (tertiary/aromatic N) is 1. The van der Waals surface area contributed by atoms with E-state index >= 15 is 0 Å². The molecule has 2 rings (SSSR count). The Kier molecular flexibility index (Phi) is 4.46. The molecule has 0 aliphatic carbocycles. The number of carboxylic acid groups (broad SMARTS) is 1. The highest BCUT2D eigenvalue weighted by Crippen LogP contribution is 2.29. The highest BCUT2D eigenvalue weighted by Gasteiger charge is 2.25. The number of anilines is 1. The molecule has 0 radical (unpaired) electrons. The van der Waals surface area contributed by atoms with Crippen LogP contribution in [0.25, 0.3) is 0 Å². The SMILES string of the molecule is CCCC1CN(c2ccc(C(C)CC(=O)O)cc2)C1. The Morgan fingerprint density at radius 1 is 1.37 bits per heavy atom. The van der Waals surface area contributed by atoms with Crippen molar-refractivity contribution in [2.24, 2.45) is 5.92 Å². The molecule has 0 saturated carbocycles. The molecule has 3 heteroatoms. The lowest BCUT2D eigenvalue weighted by molar-refractivity contribution is -0.137. The Morgan fingerprint density at radius 3 is 2.53 bits per heavy atom. The molecule has 1 aliphatic heterocycles. The summed E-state index contributed by atoms with van der Waals surface area (Å²) in [5, 5.41) is 8.81. The predicted octanol–water partition coefficient (Wildman–Crippen LogP) is 3.50. The highest BCUT2D eigenvalue weighted by atomic mass is 16.4. The zero-order chi connectivity index (χ0) is 13.8. The standard InChI is InChI=1S/C16H23NO2/c1-3-4-13-10-17(11-13)15-7-5-14(6-8-15)12(2)9-16(18)19/h5-8,12-13H,3-4,9-11H2,1-2H3,(H,18,19). The molecule has 1 atom stereocenters. The largest absolute Gasteiger partial charge is 0.481 e. The number of aliphatic carboxylic acids is 1. The van der Waals surface area contributed by atoms with E-state index in [1.807, 2.05) is 6.92 Å². The van der Waals surface area contributed by atoms with E-state index in [2.05, 4.69) is 36.1 Å². The van der Waals surface area contributed by atoms with Gasteiger partial charge in [0.15, 0.2) is 0 Å². The number of carbonyl (C=O) groups is 1. The second-order valence-electron chi connectivity index (χ2n) is 5.65. The molecule has 19 heavy (non-hydrogen) atoms. The second-order valence-corrected chi connectivity index (χ2v) is 5.65. The van der Waals surface area contributed by atoms with Crippen molar-refractivity contribution in [2.75, 3.05) is 18.0 Å². The lowest BCUT2D eigenvalue weighted by Crippen LogP contribution is -2.46. The second kappa shape index (κ2) is 6.09. The van der Waals surface area contributed by atoms with Crippen molar-refractivity contribution in [3.05, 3.63) is 29.8 Å². The Morgan fingerprint density at radius 2 is 2.00 bits per heavy atom. The molecule has 0 bridgehead atoms. The topological polar surface area (TPSA) is 40.5 Å². The summed E-state index contributed by atoms with van der Waals surface area (Å²) in [5.41, 5.74) is 2.37. The van der Waals surface area contributed by atoms with E-state index in [-0.39, 0.29) is 12.3 Å². The van der Waals surface area contributed by atoms with Crippen LogP contribution in [0.1, 0.15) is 44.6 Å². The minimum Gasteiger partial charge on any atom is -0.481 e. The summed E-state index contributed by atoms with van der Waals surface area (Å²) in [7, 11) is 0. The molecule has 1 aromatic rings. The first-order chi connectivity index (χ1) is 9.10. The maximum absolute atomic E-state index is 10.7. The van der Waals surface area contributed by atoms with Crippen molar-refractivity contribution in [3.63, 3.8) is 0 Å². The fourth-order valence-electron chi connectivity index (χ4n) is 2.76. The van der Waals surface area contributed by atoms with Crippen LogP contribution in [0, 0.1) is 5.92 Å². The first-order valence-corrected chi connectivity index (χ1v) is 7.16.